The van der Waals surface area contributed by atoms with Crippen molar-refractivity contribution in [2.24, 2.45) is 5.92 Å². The molecule has 2 heterocycles. The fourth-order valence-corrected chi connectivity index (χ4v) is 4.12. The van der Waals surface area contributed by atoms with Gasteiger partial charge in [0.2, 0.25) is 11.8 Å². The average Bonchev–Trinajstić information content (AvgIpc) is 3.37. The number of aromatic nitrogens is 3. The van der Waals surface area contributed by atoms with Gasteiger partial charge in [0.15, 0.2) is 0 Å². The zero-order valence-corrected chi connectivity index (χ0v) is 22.6. The molecule has 10 nitrogen and oxygen atoms in total. The monoisotopic (exact) mass is 578 g/mol. The van der Waals surface area contributed by atoms with Gasteiger partial charge < -0.3 is 25.4 Å². The number of amides is 1. The minimum Gasteiger partial charge on any atom is -0.475 e. The largest absolute Gasteiger partial charge is 0.490 e. The number of halogens is 4. The molecule has 3 N–H and O–H groups in total. The number of nitrogens with one attached hydrogen (secondary N) is 2. The predicted octanol–water partition coefficient (Wildman–Crippen LogP) is 4.82. The standard InChI is InChI=1S/C25H29FN6O2.C2HF3O2/c1-16-14-29-25(31-22(16)32(2)3)30-19-9-6-17(13-19)15-28-23(33)21-5-4-12-27-24(21)34-20-10-7-18(26)8-11-20;3-2(4,5)1(6)7/h4-5,7-8,10-12,14,17,19H,6,9,13,15H2,1-3H3,(H,28,33)(H,29,30,31);(H,6,7)/t17-,19+;/m1./s1. The topological polar surface area (TPSA) is 130 Å². The van der Waals surface area contributed by atoms with Gasteiger partial charge in [-0.1, -0.05) is 0 Å². The van der Waals surface area contributed by atoms with Gasteiger partial charge in [-0.25, -0.2) is 19.2 Å². The molecule has 0 unspecified atom stereocenters. The Balaban J connectivity index is 0.000000587. The number of benzene rings is 1. The second kappa shape index (κ2) is 13.7. The van der Waals surface area contributed by atoms with Crippen LogP contribution in [0, 0.1) is 18.7 Å². The highest BCUT2D eigenvalue weighted by atomic mass is 19.4. The Hall–Kier alpha value is -4.49. The normalized spacial score (nSPS) is 16.3. The summed E-state index contributed by atoms with van der Waals surface area (Å²) in [6.45, 7) is 2.55. The summed E-state index contributed by atoms with van der Waals surface area (Å²) < 4.78 is 50.6. The third-order valence-corrected chi connectivity index (χ3v) is 6.08. The van der Waals surface area contributed by atoms with E-state index in [4.69, 9.17) is 14.6 Å². The van der Waals surface area contributed by atoms with E-state index < -0.39 is 12.1 Å². The maximum Gasteiger partial charge on any atom is 0.490 e. The van der Waals surface area contributed by atoms with Crippen LogP contribution in [-0.4, -0.2) is 64.8 Å². The maximum absolute atomic E-state index is 13.1. The Morgan fingerprint density at radius 3 is 2.44 bits per heavy atom. The number of aryl methyl sites for hydroxylation is 1. The van der Waals surface area contributed by atoms with Gasteiger partial charge in [0.1, 0.15) is 22.9 Å². The molecular formula is C27H30F4N6O4. The number of pyridine rings is 1. The number of anilines is 2. The van der Waals surface area contributed by atoms with E-state index in [1.807, 2.05) is 32.1 Å². The molecule has 1 saturated carbocycles. The van der Waals surface area contributed by atoms with Crippen molar-refractivity contribution < 1.29 is 37.0 Å². The molecule has 1 aliphatic carbocycles. The molecule has 0 aliphatic heterocycles. The molecular weight excluding hydrogens is 548 g/mol. The van der Waals surface area contributed by atoms with Crippen LogP contribution >= 0.6 is 0 Å². The van der Waals surface area contributed by atoms with Crippen molar-refractivity contribution in [3.63, 3.8) is 0 Å². The molecule has 14 heteroatoms. The summed E-state index contributed by atoms with van der Waals surface area (Å²) in [5, 5.41) is 13.6. The molecule has 0 spiro atoms. The van der Waals surface area contributed by atoms with E-state index in [0.29, 0.717) is 29.7 Å². The van der Waals surface area contributed by atoms with Crippen molar-refractivity contribution >= 4 is 23.6 Å². The van der Waals surface area contributed by atoms with Crippen LogP contribution in [0.1, 0.15) is 35.2 Å². The molecule has 41 heavy (non-hydrogen) atoms. The van der Waals surface area contributed by atoms with Crippen molar-refractivity contribution in [1.29, 1.82) is 0 Å². The second-order valence-electron chi connectivity index (χ2n) is 9.54. The number of nitrogens with zero attached hydrogens (tertiary/aromatic N) is 4. The quantitative estimate of drug-likeness (QED) is 0.322. The van der Waals surface area contributed by atoms with Crippen LogP contribution in [-0.2, 0) is 4.79 Å². The van der Waals surface area contributed by atoms with Crippen LogP contribution in [0.3, 0.4) is 0 Å². The van der Waals surface area contributed by atoms with Crippen molar-refractivity contribution in [2.75, 3.05) is 30.9 Å². The number of carbonyl (C=O) groups excluding carboxylic acids is 1. The molecule has 0 radical (unpaired) electrons. The molecule has 2 aromatic heterocycles. The first-order valence-electron chi connectivity index (χ1n) is 12.6. The predicted molar refractivity (Wildman–Crippen MR) is 143 cm³/mol. The molecule has 4 rings (SSSR count). The van der Waals surface area contributed by atoms with Gasteiger partial charge in [0.05, 0.1) is 0 Å². The third kappa shape index (κ3) is 9.29. The number of carboxylic acids is 1. The van der Waals surface area contributed by atoms with Gasteiger partial charge in [-0.15, -0.1) is 0 Å². The maximum atomic E-state index is 13.1. The first-order valence-corrected chi connectivity index (χ1v) is 12.6. The van der Waals surface area contributed by atoms with E-state index >= 15 is 0 Å². The number of hydrogen-bond acceptors (Lipinski definition) is 8. The van der Waals surface area contributed by atoms with Crippen molar-refractivity contribution in [1.82, 2.24) is 20.3 Å². The summed E-state index contributed by atoms with van der Waals surface area (Å²) in [6, 6.07) is 9.20. The lowest BCUT2D eigenvalue weighted by Crippen LogP contribution is -2.29. The number of aliphatic carboxylic acids is 1. The Morgan fingerprint density at radius 1 is 1.12 bits per heavy atom. The molecule has 2 atom stereocenters. The second-order valence-corrected chi connectivity index (χ2v) is 9.54. The Kier molecular flexibility index (Phi) is 10.4. The number of carbonyl (C=O) groups is 2. The van der Waals surface area contributed by atoms with E-state index in [1.54, 1.807) is 18.3 Å². The van der Waals surface area contributed by atoms with Crippen molar-refractivity contribution in [2.45, 2.75) is 38.4 Å². The van der Waals surface area contributed by atoms with Crippen LogP contribution in [0.25, 0.3) is 0 Å². The SMILES string of the molecule is Cc1cnc(N[C@H]2CC[C@@H](CNC(=O)c3cccnc3Oc3ccc(F)cc3)C2)nc1N(C)C.O=C(O)C(F)(F)F. The van der Waals surface area contributed by atoms with Crippen molar-refractivity contribution in [3.05, 3.63) is 65.7 Å². The Morgan fingerprint density at radius 2 is 1.80 bits per heavy atom. The summed E-state index contributed by atoms with van der Waals surface area (Å²) >= 11 is 0. The van der Waals surface area contributed by atoms with E-state index in [-0.39, 0.29) is 23.6 Å². The average molecular weight is 579 g/mol. The minimum absolute atomic E-state index is 0.186. The summed E-state index contributed by atoms with van der Waals surface area (Å²) in [5.74, 6) is -0.899. The van der Waals surface area contributed by atoms with Gasteiger partial charge in [-0.05, 0) is 68.5 Å². The number of rotatable bonds is 8. The van der Waals surface area contributed by atoms with Crippen molar-refractivity contribution in [3.8, 4) is 11.6 Å². The number of alkyl halides is 3. The van der Waals surface area contributed by atoms with E-state index in [2.05, 4.69) is 25.6 Å². The van der Waals surface area contributed by atoms with E-state index in [1.165, 1.54) is 24.3 Å². The van der Waals surface area contributed by atoms with Gasteiger partial charge in [0, 0.05) is 44.6 Å². The van der Waals surface area contributed by atoms with Crippen LogP contribution < -0.4 is 20.3 Å². The van der Waals surface area contributed by atoms with Gasteiger partial charge in [0.25, 0.3) is 5.91 Å². The van der Waals surface area contributed by atoms with Gasteiger partial charge >= 0.3 is 12.1 Å². The molecule has 3 aromatic rings. The highest BCUT2D eigenvalue weighted by molar-refractivity contribution is 5.96. The first-order chi connectivity index (χ1) is 19.3. The lowest BCUT2D eigenvalue weighted by Gasteiger charge is -2.18. The molecule has 0 saturated heterocycles. The molecule has 220 valence electrons. The number of carboxylic acid groups (broad SMARTS) is 1. The van der Waals surface area contributed by atoms with Gasteiger partial charge in [-0.2, -0.15) is 18.2 Å². The number of ether oxygens (including phenoxy) is 1. The first kappa shape index (κ1) is 31.0. The Labute approximate surface area is 233 Å². The molecule has 1 fully saturated rings. The zero-order chi connectivity index (χ0) is 30.2. The van der Waals surface area contributed by atoms with Crippen LogP contribution in [0.2, 0.25) is 0 Å². The summed E-state index contributed by atoms with van der Waals surface area (Å²) in [6.07, 6.45) is 1.20. The Bertz CT molecular complexity index is 1340. The van der Waals surface area contributed by atoms with Crippen LogP contribution in [0.15, 0.2) is 48.8 Å². The lowest BCUT2D eigenvalue weighted by molar-refractivity contribution is -0.192. The zero-order valence-electron chi connectivity index (χ0n) is 22.6. The fourth-order valence-electron chi connectivity index (χ4n) is 4.12. The van der Waals surface area contributed by atoms with E-state index in [9.17, 15) is 22.4 Å². The molecule has 0 bridgehead atoms. The lowest BCUT2D eigenvalue weighted by atomic mass is 10.1. The van der Waals surface area contributed by atoms with Crippen LogP contribution in [0.5, 0.6) is 11.6 Å². The third-order valence-electron chi connectivity index (χ3n) is 6.08. The molecule has 1 aliphatic rings. The smallest absolute Gasteiger partial charge is 0.475 e. The summed E-state index contributed by atoms with van der Waals surface area (Å²) in [4.78, 5) is 36.9. The molecule has 1 aromatic carbocycles. The molecule has 1 amide bonds. The number of hydrogen-bond donors (Lipinski definition) is 3. The highest BCUT2D eigenvalue weighted by Crippen LogP contribution is 2.28. The minimum atomic E-state index is -5.08. The fraction of sp³-hybridized carbons (Fsp3) is 0.370. The van der Waals surface area contributed by atoms with E-state index in [0.717, 1.165) is 30.6 Å². The van der Waals surface area contributed by atoms with Gasteiger partial charge in [-0.3, -0.25) is 4.79 Å². The summed E-state index contributed by atoms with van der Waals surface area (Å²) in [7, 11) is 3.93. The highest BCUT2D eigenvalue weighted by Gasteiger charge is 2.38. The van der Waals surface area contributed by atoms with Crippen LogP contribution in [0.4, 0.5) is 29.3 Å². The summed E-state index contributed by atoms with van der Waals surface area (Å²) in [5.41, 5.74) is 1.37.